The number of rotatable bonds is 6. The van der Waals surface area contributed by atoms with Gasteiger partial charge in [0.15, 0.2) is 0 Å². The molecule has 75 heavy (non-hydrogen) atoms. The van der Waals surface area contributed by atoms with Gasteiger partial charge in [0.25, 0.3) is 0 Å². The number of fused-ring (bicyclic) bond motifs is 9. The van der Waals surface area contributed by atoms with Gasteiger partial charge in [0.2, 0.25) is 0 Å². The number of aromatic hydroxyl groups is 1. The molecule has 11 aromatic rings. The number of hydrogen-bond donors (Lipinski definition) is 1. The van der Waals surface area contributed by atoms with Crippen LogP contribution in [0.5, 0.6) is 5.75 Å². The van der Waals surface area contributed by atoms with E-state index in [-0.39, 0.29) is 37.6 Å². The number of nitrogens with zero attached hydrogens (tertiary/aromatic N) is 3. The Morgan fingerprint density at radius 1 is 0.453 bits per heavy atom. The van der Waals surface area contributed by atoms with E-state index >= 15 is 0 Å². The molecule has 0 spiro atoms. The SMILES string of the molecule is Cc1cc(-c2ccccc2)cc(C)c1-[n+]1c(-c2cc(C(C)(C)C)cc(C(C)(C)C)c2O)[n-]c2c(-c3cc(-c4ccc5c(c4)-c4ccccc4-c4ccccc4-c4ccccc4-5)cc(-c4[c-]cccc4)n3)cccc21.[Pt+2]. The molecule has 2 heterocycles. The Morgan fingerprint density at radius 2 is 0.987 bits per heavy atom. The van der Waals surface area contributed by atoms with Gasteiger partial charge in [0.1, 0.15) is 11.6 Å². The number of pyridine rings is 1. The van der Waals surface area contributed by atoms with E-state index in [1.807, 2.05) is 18.2 Å². The number of aryl methyl sites for hydroxylation is 2. The maximum absolute atomic E-state index is 12.6. The Balaban J connectivity index is 0.00000602. The largest absolute Gasteiger partial charge is 2.00 e. The number of hydrogen-bond acceptors (Lipinski definition) is 2. The molecule has 0 saturated carbocycles. The van der Waals surface area contributed by atoms with Gasteiger partial charge in [-0.05, 0) is 150 Å². The van der Waals surface area contributed by atoms with Crippen LogP contribution >= 0.6 is 0 Å². The Kier molecular flexibility index (Phi) is 12.6. The molecule has 12 rings (SSSR count). The molecule has 368 valence electrons. The molecule has 9 aromatic carbocycles. The first kappa shape index (κ1) is 49.3. The zero-order valence-corrected chi connectivity index (χ0v) is 45.9. The fourth-order valence-electron chi connectivity index (χ4n) is 11.2. The van der Waals surface area contributed by atoms with E-state index in [0.29, 0.717) is 11.4 Å². The summed E-state index contributed by atoms with van der Waals surface area (Å²) in [6.07, 6.45) is 0. The van der Waals surface area contributed by atoms with E-state index in [0.717, 1.165) is 83.7 Å². The minimum absolute atomic E-state index is 0. The van der Waals surface area contributed by atoms with Crippen LogP contribution in [0.2, 0.25) is 0 Å². The zero-order chi connectivity index (χ0) is 51.0. The van der Waals surface area contributed by atoms with Crippen molar-refractivity contribution in [2.75, 3.05) is 0 Å². The van der Waals surface area contributed by atoms with Crippen molar-refractivity contribution >= 4 is 11.0 Å². The molecule has 1 aliphatic rings. The van der Waals surface area contributed by atoms with Crippen molar-refractivity contribution < 1.29 is 30.7 Å². The van der Waals surface area contributed by atoms with E-state index < -0.39 is 0 Å². The van der Waals surface area contributed by atoms with Gasteiger partial charge in [-0.3, -0.25) is 9.55 Å². The first-order valence-corrected chi connectivity index (χ1v) is 25.7. The molecular formula is C70H58N3OPt+. The van der Waals surface area contributed by atoms with Crippen LogP contribution in [0.25, 0.3) is 117 Å². The van der Waals surface area contributed by atoms with Gasteiger partial charge in [0, 0.05) is 11.1 Å². The number of phenols is 1. The first-order chi connectivity index (χ1) is 35.7. The summed E-state index contributed by atoms with van der Waals surface area (Å²) in [6, 6.07) is 75.2. The van der Waals surface area contributed by atoms with Gasteiger partial charge in [-0.1, -0.05) is 181 Å². The minimum Gasteiger partial charge on any atom is -0.507 e. The van der Waals surface area contributed by atoms with Gasteiger partial charge < -0.3 is 5.11 Å². The zero-order valence-electron chi connectivity index (χ0n) is 43.7. The molecule has 0 amide bonds. The number of imidazole rings is 1. The van der Waals surface area contributed by atoms with E-state index in [2.05, 4.69) is 248 Å². The molecule has 1 aliphatic carbocycles. The Morgan fingerprint density at radius 3 is 1.56 bits per heavy atom. The average Bonchev–Trinajstić information content (AvgIpc) is 3.80. The number of aromatic nitrogens is 3. The molecule has 0 bridgehead atoms. The molecular weight excluding hydrogens is 1090 g/mol. The second-order valence-corrected chi connectivity index (χ2v) is 22.0. The van der Waals surface area contributed by atoms with Crippen LogP contribution in [-0.2, 0) is 31.9 Å². The maximum Gasteiger partial charge on any atom is 2.00 e. The predicted octanol–water partition coefficient (Wildman–Crippen LogP) is 17.5. The smallest absolute Gasteiger partial charge is 0.507 e. The molecule has 1 N–H and O–H groups in total. The van der Waals surface area contributed by atoms with Crippen LogP contribution in [0.3, 0.4) is 0 Å². The Labute approximate surface area is 455 Å². The summed E-state index contributed by atoms with van der Waals surface area (Å²) in [5.74, 6) is 0.920. The van der Waals surface area contributed by atoms with E-state index in [1.54, 1.807) is 0 Å². The number of benzene rings is 9. The van der Waals surface area contributed by atoms with Crippen LogP contribution in [-0.4, -0.2) is 10.1 Å². The Hall–Kier alpha value is -7.91. The summed E-state index contributed by atoms with van der Waals surface area (Å²) in [5, 5.41) is 12.6. The maximum atomic E-state index is 12.6. The predicted molar refractivity (Wildman–Crippen MR) is 306 cm³/mol. The second-order valence-electron chi connectivity index (χ2n) is 22.0. The van der Waals surface area contributed by atoms with Crippen LogP contribution < -0.4 is 9.55 Å². The van der Waals surface area contributed by atoms with Crippen LogP contribution in [0.1, 0.15) is 63.8 Å². The quantitative estimate of drug-likeness (QED) is 0.133. The summed E-state index contributed by atoms with van der Waals surface area (Å²) in [7, 11) is 0. The third-order valence-corrected chi connectivity index (χ3v) is 14.9. The molecule has 0 fully saturated rings. The standard InChI is InChI=1S/C70H58N3O.Pt/c1-43-36-48(45-22-11-9-12-23-45)37-44(2)66(43)73-64-33-21-32-58(65(64)72-68(73)60-41-50(69(3,4)5)42-61(67(60)74)70(6,7)8)63-40-49(39-62(71-63)46-24-13-10-14-25-46)47-34-35-57-55-30-18-17-28-53(55)51-26-15-16-27-52(51)54-29-19-20-31-56(54)59(57)38-47;/h9-24,26-42H,1-8H3,(H,71,72,74);/q-1;+2. The van der Waals surface area contributed by atoms with Gasteiger partial charge in [0.05, 0.1) is 28.0 Å². The summed E-state index contributed by atoms with van der Waals surface area (Å²) >= 11 is 0. The number of para-hydroxylation sites is 1. The van der Waals surface area contributed by atoms with Crippen molar-refractivity contribution in [1.29, 1.82) is 0 Å². The van der Waals surface area contributed by atoms with Crippen molar-refractivity contribution in [2.45, 2.75) is 66.2 Å². The van der Waals surface area contributed by atoms with Gasteiger partial charge >= 0.3 is 21.1 Å². The minimum atomic E-state index is -0.342. The second kappa shape index (κ2) is 19.1. The monoisotopic (exact) mass is 1150 g/mol. The van der Waals surface area contributed by atoms with Crippen molar-refractivity contribution in [2.24, 2.45) is 0 Å². The molecule has 5 heteroatoms. The summed E-state index contributed by atoms with van der Waals surface area (Å²) in [4.78, 5) is 11.2. The molecule has 2 aromatic heterocycles. The molecule has 0 unspecified atom stereocenters. The van der Waals surface area contributed by atoms with Crippen molar-refractivity contribution in [3.8, 4) is 112 Å². The molecule has 4 nitrogen and oxygen atoms in total. The van der Waals surface area contributed by atoms with Crippen molar-refractivity contribution in [3.05, 3.63) is 229 Å². The van der Waals surface area contributed by atoms with Crippen LogP contribution in [0.4, 0.5) is 0 Å². The van der Waals surface area contributed by atoms with Gasteiger partial charge in [-0.25, -0.2) is 4.98 Å². The molecule has 0 saturated heterocycles. The third-order valence-electron chi connectivity index (χ3n) is 14.9. The van der Waals surface area contributed by atoms with Crippen LogP contribution in [0.15, 0.2) is 200 Å². The third kappa shape index (κ3) is 8.75. The summed E-state index contributed by atoms with van der Waals surface area (Å²) in [5.41, 5.74) is 24.6. The van der Waals surface area contributed by atoms with E-state index in [4.69, 9.17) is 9.97 Å². The summed E-state index contributed by atoms with van der Waals surface area (Å²) < 4.78 is 2.28. The van der Waals surface area contributed by atoms with Crippen molar-refractivity contribution in [1.82, 2.24) is 9.97 Å². The van der Waals surface area contributed by atoms with Crippen molar-refractivity contribution in [3.63, 3.8) is 0 Å². The summed E-state index contributed by atoms with van der Waals surface area (Å²) in [6.45, 7) is 17.6. The molecule has 0 aliphatic heterocycles. The topological polar surface area (TPSA) is 51.1 Å². The fourth-order valence-corrected chi connectivity index (χ4v) is 11.2. The normalized spacial score (nSPS) is 11.9. The number of phenolic OH excluding ortho intramolecular Hbond substituents is 1. The Bertz CT molecular complexity index is 3980. The van der Waals surface area contributed by atoms with Crippen LogP contribution in [0, 0.1) is 19.9 Å². The fraction of sp³-hybridized carbons (Fsp3) is 0.143. The van der Waals surface area contributed by atoms with Gasteiger partial charge in [-0.15, -0.1) is 35.9 Å². The van der Waals surface area contributed by atoms with E-state index in [1.165, 1.54) is 44.5 Å². The van der Waals surface area contributed by atoms with E-state index in [9.17, 15) is 5.11 Å². The average molecular weight is 1150 g/mol. The first-order valence-electron chi connectivity index (χ1n) is 25.7. The molecule has 0 atom stereocenters. The van der Waals surface area contributed by atoms with Gasteiger partial charge in [-0.2, -0.15) is 0 Å². The molecule has 0 radical (unpaired) electrons.